The maximum atomic E-state index is 9.89. The number of thiophene rings is 1. The monoisotopic (exact) mass is 698 g/mol. The molecule has 1 atom stereocenters. The lowest BCUT2D eigenvalue weighted by molar-refractivity contribution is 0.786. The first-order valence-corrected chi connectivity index (χ1v) is 18.5. The molecule has 9 aromatic carbocycles. The first kappa shape index (κ1) is 23.9. The molecular formula is C51H33NS. The van der Waals surface area contributed by atoms with Gasteiger partial charge in [0.2, 0.25) is 0 Å². The van der Waals surface area contributed by atoms with Gasteiger partial charge >= 0.3 is 0 Å². The van der Waals surface area contributed by atoms with E-state index in [1.165, 1.54) is 0 Å². The number of rotatable bonds is 5. The topological polar surface area (TPSA) is 3.24 Å². The lowest BCUT2D eigenvalue weighted by Gasteiger charge is -2.35. The average molecular weight is 699 g/mol. The van der Waals surface area contributed by atoms with Crippen molar-refractivity contribution in [3.05, 3.63) is 222 Å². The van der Waals surface area contributed by atoms with Gasteiger partial charge in [0, 0.05) is 36.9 Å². The third-order valence-corrected chi connectivity index (χ3v) is 12.0. The smallest absolute Gasteiger partial charge is 0.0733 e. The summed E-state index contributed by atoms with van der Waals surface area (Å²) in [5, 5.41) is 4.34. The molecule has 1 aliphatic carbocycles. The van der Waals surface area contributed by atoms with Crippen LogP contribution in [0.2, 0.25) is 0 Å². The molecule has 0 bridgehead atoms. The van der Waals surface area contributed by atoms with Crippen LogP contribution < -0.4 is 4.90 Å². The summed E-state index contributed by atoms with van der Waals surface area (Å²) < 4.78 is 66.5. The molecule has 0 radical (unpaired) electrons. The van der Waals surface area contributed by atoms with Crippen LogP contribution in [-0.4, -0.2) is 0 Å². The largest absolute Gasteiger partial charge is 0.310 e. The Hall–Kier alpha value is -6.48. The number of para-hydroxylation sites is 1. The van der Waals surface area contributed by atoms with Crippen molar-refractivity contribution in [1.82, 2.24) is 0 Å². The molecule has 1 unspecified atom stereocenters. The number of anilines is 3. The van der Waals surface area contributed by atoms with Crippen LogP contribution in [0.5, 0.6) is 0 Å². The van der Waals surface area contributed by atoms with Gasteiger partial charge in [0.1, 0.15) is 0 Å². The zero-order chi connectivity index (χ0) is 41.0. The van der Waals surface area contributed by atoms with Crippen molar-refractivity contribution in [2.24, 2.45) is 0 Å². The molecule has 10 aromatic rings. The summed E-state index contributed by atoms with van der Waals surface area (Å²) in [7, 11) is 0. The Labute approximate surface area is 322 Å². The van der Waals surface area contributed by atoms with Gasteiger partial charge in [-0.15, -0.1) is 11.3 Å². The van der Waals surface area contributed by atoms with Crippen molar-refractivity contribution in [1.29, 1.82) is 0 Å². The first-order chi connectivity index (χ1) is 29.2. The van der Waals surface area contributed by atoms with E-state index in [4.69, 9.17) is 5.48 Å². The minimum absolute atomic E-state index is 0.0614. The highest BCUT2D eigenvalue weighted by molar-refractivity contribution is 7.26. The summed E-state index contributed by atoms with van der Waals surface area (Å²) >= 11 is 1.65. The van der Waals surface area contributed by atoms with Gasteiger partial charge in [0.15, 0.2) is 0 Å². The molecule has 1 heterocycles. The zero-order valence-corrected chi connectivity index (χ0v) is 29.2. The highest BCUT2D eigenvalue weighted by Crippen LogP contribution is 2.60. The standard InChI is InChI=1S/C51H33NS/c1-2-19-36(20-3-1)52(48-29-13-18-35-16-5-7-22-39(35)48)37-31-32-46-43(33-37)40-23-8-10-26-45(40)51(46,44-27-12-17-34-15-4-6-21-38(34)44)47-28-14-25-42-41-24-9-11-30-49(41)53-50(42)47/h1-33H/i4D,6D,12D,15D,17D,21D,27D. The van der Waals surface area contributed by atoms with Crippen LogP contribution in [0.4, 0.5) is 17.1 Å². The third kappa shape index (κ3) is 4.37. The molecule has 0 saturated carbocycles. The van der Waals surface area contributed by atoms with E-state index in [1.807, 2.05) is 54.6 Å². The Balaban J connectivity index is 1.32. The van der Waals surface area contributed by atoms with Gasteiger partial charge in [-0.3, -0.25) is 0 Å². The van der Waals surface area contributed by atoms with E-state index in [0.29, 0.717) is 0 Å². The van der Waals surface area contributed by atoms with Gasteiger partial charge in [-0.2, -0.15) is 0 Å². The van der Waals surface area contributed by atoms with Gasteiger partial charge in [-0.25, -0.2) is 0 Å². The highest BCUT2D eigenvalue weighted by atomic mass is 32.1. The van der Waals surface area contributed by atoms with Crippen LogP contribution in [0.25, 0.3) is 52.8 Å². The first-order valence-electron chi connectivity index (χ1n) is 21.2. The molecular weight excluding hydrogens is 659 g/mol. The fraction of sp³-hybridized carbons (Fsp3) is 0.0196. The van der Waals surface area contributed by atoms with Gasteiger partial charge in [0.05, 0.1) is 20.7 Å². The fourth-order valence-electron chi connectivity index (χ4n) is 8.65. The summed E-state index contributed by atoms with van der Waals surface area (Å²) in [6.07, 6.45) is 0. The maximum Gasteiger partial charge on any atom is 0.0733 e. The average Bonchev–Trinajstić information content (AvgIpc) is 3.81. The predicted octanol–water partition coefficient (Wildman–Crippen LogP) is 14.2. The lowest BCUT2D eigenvalue weighted by atomic mass is 9.66. The second-order valence-corrected chi connectivity index (χ2v) is 14.5. The van der Waals surface area contributed by atoms with Crippen molar-refractivity contribution in [3.8, 4) is 11.1 Å². The van der Waals surface area contributed by atoms with Crippen molar-refractivity contribution in [3.63, 3.8) is 0 Å². The van der Waals surface area contributed by atoms with Crippen molar-refractivity contribution in [2.45, 2.75) is 5.41 Å². The summed E-state index contributed by atoms with van der Waals surface area (Å²) in [5.74, 6) is 0. The van der Waals surface area contributed by atoms with Crippen LogP contribution in [0, 0.1) is 0 Å². The fourth-order valence-corrected chi connectivity index (χ4v) is 9.92. The Morgan fingerprint density at radius 2 is 1.13 bits per heavy atom. The molecule has 11 rings (SSSR count). The molecule has 0 spiro atoms. The maximum absolute atomic E-state index is 9.89. The van der Waals surface area contributed by atoms with Gasteiger partial charge < -0.3 is 4.90 Å². The van der Waals surface area contributed by atoms with Gasteiger partial charge in [-0.05, 0) is 85.9 Å². The Morgan fingerprint density at radius 1 is 0.434 bits per heavy atom. The summed E-state index contributed by atoms with van der Waals surface area (Å²) in [5.41, 5.74) is 6.11. The Kier molecular flexibility index (Phi) is 5.31. The third-order valence-electron chi connectivity index (χ3n) is 10.8. The van der Waals surface area contributed by atoms with Gasteiger partial charge in [0.25, 0.3) is 0 Å². The molecule has 53 heavy (non-hydrogen) atoms. The van der Waals surface area contributed by atoms with Crippen LogP contribution >= 0.6 is 11.3 Å². The predicted molar refractivity (Wildman–Crippen MR) is 226 cm³/mol. The van der Waals surface area contributed by atoms with Crippen LogP contribution in [0.3, 0.4) is 0 Å². The molecule has 0 aliphatic heterocycles. The zero-order valence-electron chi connectivity index (χ0n) is 35.4. The van der Waals surface area contributed by atoms with Crippen LogP contribution in [0.1, 0.15) is 31.8 Å². The SMILES string of the molecule is [2H]c1c([2H])c([2H])c2c(C3(c4cccc5c4sc4ccccc45)c4ccccc4-c4cc(N(c5ccccc5)c5cccc6ccccc56)ccc43)c([2H])c([2H])c([2H])c2c1[2H]. The van der Waals surface area contributed by atoms with E-state index in [9.17, 15) is 4.11 Å². The number of benzene rings is 9. The normalized spacial score (nSPS) is 16.7. The van der Waals surface area contributed by atoms with Crippen molar-refractivity contribution < 1.29 is 9.60 Å². The molecule has 248 valence electrons. The summed E-state index contributed by atoms with van der Waals surface area (Å²) in [6, 6.07) is 51.2. The van der Waals surface area contributed by atoms with E-state index in [-0.39, 0.29) is 34.5 Å². The molecule has 1 aliphatic rings. The molecule has 2 heteroatoms. The van der Waals surface area contributed by atoms with Crippen molar-refractivity contribution >= 4 is 70.1 Å². The molecule has 0 amide bonds. The van der Waals surface area contributed by atoms with Crippen LogP contribution in [-0.2, 0) is 5.41 Å². The molecule has 0 saturated heterocycles. The number of hydrogen-bond acceptors (Lipinski definition) is 2. The van der Waals surface area contributed by atoms with Crippen LogP contribution in [0.15, 0.2) is 200 Å². The minimum Gasteiger partial charge on any atom is -0.310 e. The summed E-state index contributed by atoms with van der Waals surface area (Å²) in [4.78, 5) is 2.26. The number of nitrogens with zero attached hydrogens (tertiary/aromatic N) is 1. The molecule has 0 N–H and O–H groups in total. The second kappa shape index (κ2) is 11.8. The Morgan fingerprint density at radius 3 is 2.08 bits per heavy atom. The van der Waals surface area contributed by atoms with Crippen molar-refractivity contribution in [2.75, 3.05) is 4.90 Å². The van der Waals surface area contributed by atoms with Gasteiger partial charge in [-0.1, -0.05) is 164 Å². The second-order valence-electron chi connectivity index (χ2n) is 13.5. The van der Waals surface area contributed by atoms with E-state index in [0.717, 1.165) is 75.8 Å². The van der Waals surface area contributed by atoms with E-state index in [2.05, 4.69) is 108 Å². The number of hydrogen-bond donors (Lipinski definition) is 0. The van der Waals surface area contributed by atoms with E-state index < -0.39 is 29.6 Å². The molecule has 1 nitrogen and oxygen atoms in total. The summed E-state index contributed by atoms with van der Waals surface area (Å²) in [6.45, 7) is 0. The molecule has 1 aromatic heterocycles. The van der Waals surface area contributed by atoms with E-state index >= 15 is 0 Å². The lowest BCUT2D eigenvalue weighted by Crippen LogP contribution is -2.29. The highest BCUT2D eigenvalue weighted by Gasteiger charge is 2.48. The Bertz CT molecular complexity index is 3420. The quantitative estimate of drug-likeness (QED) is 0.173. The van der Waals surface area contributed by atoms with E-state index in [1.54, 1.807) is 11.3 Å². The minimum atomic E-state index is -1.35. The molecule has 0 fully saturated rings. The number of fused-ring (bicyclic) bond motifs is 8.